The molecule has 0 radical (unpaired) electrons. The van der Waals surface area contributed by atoms with E-state index in [2.05, 4.69) is 0 Å². The summed E-state index contributed by atoms with van der Waals surface area (Å²) in [6.07, 6.45) is 1.09. The maximum atomic E-state index is 10.5. The summed E-state index contributed by atoms with van der Waals surface area (Å²) in [6.45, 7) is 5.83. The molecule has 2 N–H and O–H groups in total. The third-order valence-electron chi connectivity index (χ3n) is 3.02. The summed E-state index contributed by atoms with van der Waals surface area (Å²) in [6, 6.07) is 3.96. The van der Waals surface area contributed by atoms with Crippen LogP contribution in [0.5, 0.6) is 5.75 Å². The van der Waals surface area contributed by atoms with Crippen molar-refractivity contribution in [2.45, 2.75) is 39.2 Å². The van der Waals surface area contributed by atoms with Gasteiger partial charge < -0.3 is 14.9 Å². The smallest absolute Gasteiger partial charge is 0.125 e. The van der Waals surface area contributed by atoms with Gasteiger partial charge in [0.05, 0.1) is 12.7 Å². The largest absolute Gasteiger partial charge is 0.496 e. The van der Waals surface area contributed by atoms with E-state index in [1.54, 1.807) is 14.0 Å². The second kappa shape index (κ2) is 5.52. The van der Waals surface area contributed by atoms with E-state index in [4.69, 9.17) is 9.84 Å². The Bertz CT molecular complexity index is 383. The highest BCUT2D eigenvalue weighted by Crippen LogP contribution is 2.36. The second-order valence-electron chi connectivity index (χ2n) is 4.76. The summed E-state index contributed by atoms with van der Waals surface area (Å²) in [5.74, 6) is 0.713. The highest BCUT2D eigenvalue weighted by atomic mass is 16.5. The summed E-state index contributed by atoms with van der Waals surface area (Å²) in [4.78, 5) is 0. The van der Waals surface area contributed by atoms with Gasteiger partial charge in [-0.05, 0) is 50.8 Å². The van der Waals surface area contributed by atoms with Crippen LogP contribution >= 0.6 is 0 Å². The molecule has 0 bridgehead atoms. The molecule has 17 heavy (non-hydrogen) atoms. The molecule has 0 aliphatic rings. The van der Waals surface area contributed by atoms with Crippen molar-refractivity contribution in [3.8, 4) is 5.75 Å². The fourth-order valence-electron chi connectivity index (χ4n) is 2.33. The molecule has 3 heteroatoms. The van der Waals surface area contributed by atoms with Crippen LogP contribution in [0.4, 0.5) is 0 Å². The summed E-state index contributed by atoms with van der Waals surface area (Å²) in [5, 5.41) is 19.4. The van der Waals surface area contributed by atoms with E-state index in [9.17, 15) is 5.11 Å². The molecule has 96 valence electrons. The van der Waals surface area contributed by atoms with Gasteiger partial charge in [-0.2, -0.15) is 0 Å². The number of aliphatic hydroxyl groups is 2. The molecule has 0 spiro atoms. The summed E-state index contributed by atoms with van der Waals surface area (Å²) in [7, 11) is 1.61. The third kappa shape index (κ3) is 3.20. The minimum atomic E-state index is -0.966. The van der Waals surface area contributed by atoms with Gasteiger partial charge in [0, 0.05) is 12.2 Å². The van der Waals surface area contributed by atoms with Crippen molar-refractivity contribution in [3.63, 3.8) is 0 Å². The molecular formula is C14H22O3. The molecule has 1 aromatic rings. The molecule has 0 fully saturated rings. The van der Waals surface area contributed by atoms with Crippen LogP contribution in [0.25, 0.3) is 0 Å². The molecular weight excluding hydrogens is 216 g/mol. The summed E-state index contributed by atoms with van der Waals surface area (Å²) in [5.41, 5.74) is 1.98. The van der Waals surface area contributed by atoms with E-state index < -0.39 is 5.60 Å². The van der Waals surface area contributed by atoms with Crippen LogP contribution in [0.1, 0.15) is 36.5 Å². The van der Waals surface area contributed by atoms with Crippen LogP contribution in [0, 0.1) is 13.8 Å². The van der Waals surface area contributed by atoms with Crippen molar-refractivity contribution in [2.75, 3.05) is 13.7 Å². The molecule has 3 nitrogen and oxygen atoms in total. The zero-order chi connectivity index (χ0) is 13.1. The maximum Gasteiger partial charge on any atom is 0.125 e. The number of hydrogen-bond donors (Lipinski definition) is 2. The summed E-state index contributed by atoms with van der Waals surface area (Å²) < 4.78 is 5.35. The fourth-order valence-corrected chi connectivity index (χ4v) is 2.33. The van der Waals surface area contributed by atoms with Crippen LogP contribution < -0.4 is 4.74 Å². The van der Waals surface area contributed by atoms with Crippen LogP contribution in [0.3, 0.4) is 0 Å². The lowest BCUT2D eigenvalue weighted by Crippen LogP contribution is -2.24. The number of rotatable bonds is 5. The van der Waals surface area contributed by atoms with Gasteiger partial charge in [0.2, 0.25) is 0 Å². The number of methoxy groups -OCH3 is 1. The predicted molar refractivity (Wildman–Crippen MR) is 68.4 cm³/mol. The molecule has 1 unspecified atom stereocenters. The van der Waals surface area contributed by atoms with E-state index in [-0.39, 0.29) is 6.61 Å². The standard InChI is InChI=1S/C14H22O3/c1-10-8-11(2)13(12(9-10)17-4)14(3,16)6-5-7-15/h8-9,15-16H,5-7H2,1-4H3. The number of benzene rings is 1. The number of aryl methyl sites for hydroxylation is 2. The van der Waals surface area contributed by atoms with Crippen LogP contribution in [-0.2, 0) is 5.60 Å². The molecule has 0 saturated heterocycles. The molecule has 0 aromatic heterocycles. The van der Waals surface area contributed by atoms with Crippen LogP contribution in [0.2, 0.25) is 0 Å². The first kappa shape index (κ1) is 14.0. The SMILES string of the molecule is COc1cc(C)cc(C)c1C(C)(O)CCCO. The Morgan fingerprint density at radius 3 is 2.47 bits per heavy atom. The van der Waals surface area contributed by atoms with Crippen molar-refractivity contribution in [2.24, 2.45) is 0 Å². The number of aliphatic hydroxyl groups excluding tert-OH is 1. The van der Waals surface area contributed by atoms with Gasteiger partial charge in [-0.25, -0.2) is 0 Å². The first-order valence-corrected chi connectivity index (χ1v) is 5.91. The monoisotopic (exact) mass is 238 g/mol. The Labute approximate surface area is 103 Å². The zero-order valence-corrected chi connectivity index (χ0v) is 11.1. The van der Waals surface area contributed by atoms with E-state index in [1.807, 2.05) is 26.0 Å². The summed E-state index contributed by atoms with van der Waals surface area (Å²) >= 11 is 0. The van der Waals surface area contributed by atoms with Gasteiger partial charge in [-0.1, -0.05) is 6.07 Å². The van der Waals surface area contributed by atoms with Crippen molar-refractivity contribution >= 4 is 0 Å². The van der Waals surface area contributed by atoms with Gasteiger partial charge in [0.1, 0.15) is 5.75 Å². The van der Waals surface area contributed by atoms with E-state index in [0.29, 0.717) is 18.6 Å². The quantitative estimate of drug-likeness (QED) is 0.827. The molecule has 1 aromatic carbocycles. The van der Waals surface area contributed by atoms with Gasteiger partial charge in [0.15, 0.2) is 0 Å². The van der Waals surface area contributed by atoms with Gasteiger partial charge in [-0.3, -0.25) is 0 Å². The Morgan fingerprint density at radius 1 is 1.29 bits per heavy atom. The van der Waals surface area contributed by atoms with Crippen molar-refractivity contribution in [1.29, 1.82) is 0 Å². The predicted octanol–water partition coefficient (Wildman–Crippen LogP) is 2.29. The van der Waals surface area contributed by atoms with Gasteiger partial charge in [-0.15, -0.1) is 0 Å². The molecule has 0 aliphatic heterocycles. The van der Waals surface area contributed by atoms with Crippen molar-refractivity contribution in [3.05, 3.63) is 28.8 Å². The normalized spacial score (nSPS) is 14.5. The fraction of sp³-hybridized carbons (Fsp3) is 0.571. The highest BCUT2D eigenvalue weighted by molar-refractivity contribution is 5.46. The Morgan fingerprint density at radius 2 is 1.94 bits per heavy atom. The molecule has 1 atom stereocenters. The number of hydrogen-bond acceptors (Lipinski definition) is 3. The minimum Gasteiger partial charge on any atom is -0.496 e. The average Bonchev–Trinajstić information content (AvgIpc) is 2.24. The van der Waals surface area contributed by atoms with Crippen molar-refractivity contribution in [1.82, 2.24) is 0 Å². The van der Waals surface area contributed by atoms with Gasteiger partial charge >= 0.3 is 0 Å². The van der Waals surface area contributed by atoms with Crippen LogP contribution in [-0.4, -0.2) is 23.9 Å². The topological polar surface area (TPSA) is 49.7 Å². The van der Waals surface area contributed by atoms with Gasteiger partial charge in [0.25, 0.3) is 0 Å². The minimum absolute atomic E-state index is 0.0867. The molecule has 0 amide bonds. The highest BCUT2D eigenvalue weighted by Gasteiger charge is 2.28. The van der Waals surface area contributed by atoms with E-state index in [0.717, 1.165) is 16.7 Å². The molecule has 1 rings (SSSR count). The Kier molecular flexibility index (Phi) is 4.54. The third-order valence-corrected chi connectivity index (χ3v) is 3.02. The first-order chi connectivity index (χ1) is 7.92. The van der Waals surface area contributed by atoms with Crippen LogP contribution in [0.15, 0.2) is 12.1 Å². The lowest BCUT2D eigenvalue weighted by Gasteiger charge is -2.27. The second-order valence-corrected chi connectivity index (χ2v) is 4.76. The first-order valence-electron chi connectivity index (χ1n) is 5.91. The Hall–Kier alpha value is -1.06. The molecule has 0 heterocycles. The zero-order valence-electron chi connectivity index (χ0n) is 11.1. The lowest BCUT2D eigenvalue weighted by atomic mass is 9.86. The van der Waals surface area contributed by atoms with Crippen molar-refractivity contribution < 1.29 is 14.9 Å². The average molecular weight is 238 g/mol. The van der Waals surface area contributed by atoms with E-state index >= 15 is 0 Å². The Balaban J connectivity index is 3.19. The van der Waals surface area contributed by atoms with E-state index in [1.165, 1.54) is 0 Å². The number of ether oxygens (including phenoxy) is 1. The lowest BCUT2D eigenvalue weighted by molar-refractivity contribution is 0.0373. The molecule has 0 saturated carbocycles. The molecule has 0 aliphatic carbocycles. The maximum absolute atomic E-state index is 10.5.